The van der Waals surface area contributed by atoms with Crippen LogP contribution < -0.4 is 5.43 Å². The molecule has 0 aliphatic rings. The van der Waals surface area contributed by atoms with Crippen LogP contribution in [-0.4, -0.2) is 4.98 Å². The van der Waals surface area contributed by atoms with Gasteiger partial charge in [0.2, 0.25) is 0 Å². The molecule has 0 atom stereocenters. The highest BCUT2D eigenvalue weighted by molar-refractivity contribution is 9.10. The Bertz CT molecular complexity index is 520. The quantitative estimate of drug-likeness (QED) is 0.756. The summed E-state index contributed by atoms with van der Waals surface area (Å²) in [5, 5.41) is 0.364. The number of fused-ring (bicyclic) bond motifs is 1. The van der Waals surface area contributed by atoms with Crippen molar-refractivity contribution in [2.24, 2.45) is 0 Å². The zero-order chi connectivity index (χ0) is 9.42. The van der Waals surface area contributed by atoms with E-state index in [4.69, 9.17) is 0 Å². The van der Waals surface area contributed by atoms with Crippen molar-refractivity contribution in [1.82, 2.24) is 4.98 Å². The molecule has 0 amide bonds. The van der Waals surface area contributed by atoms with E-state index in [1.165, 1.54) is 18.3 Å². The standard InChI is InChI=1S/C9H5BrFNO/c10-6-4-8-5(3-7(6)11)9(13)1-2-12-8/h1-4H,(H,12,13). The molecule has 1 aromatic heterocycles. The molecule has 2 nitrogen and oxygen atoms in total. The molecule has 0 spiro atoms. The molecular weight excluding hydrogens is 237 g/mol. The second kappa shape index (κ2) is 2.96. The van der Waals surface area contributed by atoms with Crippen LogP contribution in [0.1, 0.15) is 0 Å². The minimum absolute atomic E-state index is 0.180. The third-order valence-electron chi connectivity index (χ3n) is 1.80. The topological polar surface area (TPSA) is 32.9 Å². The van der Waals surface area contributed by atoms with Crippen molar-refractivity contribution < 1.29 is 4.39 Å². The van der Waals surface area contributed by atoms with Gasteiger partial charge in [-0.2, -0.15) is 0 Å². The monoisotopic (exact) mass is 241 g/mol. The fourth-order valence-corrected chi connectivity index (χ4v) is 1.51. The largest absolute Gasteiger partial charge is 0.361 e. The third kappa shape index (κ3) is 1.37. The molecule has 0 saturated heterocycles. The molecule has 2 rings (SSSR count). The molecule has 0 bridgehead atoms. The highest BCUT2D eigenvalue weighted by Crippen LogP contribution is 2.19. The maximum atomic E-state index is 13.0. The van der Waals surface area contributed by atoms with Crippen LogP contribution in [-0.2, 0) is 0 Å². The van der Waals surface area contributed by atoms with Crippen LogP contribution in [0.5, 0.6) is 0 Å². The lowest BCUT2D eigenvalue weighted by Gasteiger charge is -1.98. The summed E-state index contributed by atoms with van der Waals surface area (Å²) in [7, 11) is 0. The molecule has 2 aromatic rings. The number of nitrogens with one attached hydrogen (secondary N) is 1. The Kier molecular flexibility index (Phi) is 1.92. The summed E-state index contributed by atoms with van der Waals surface area (Å²) in [4.78, 5) is 14.1. The lowest BCUT2D eigenvalue weighted by atomic mass is 10.2. The van der Waals surface area contributed by atoms with Gasteiger partial charge in [0.25, 0.3) is 0 Å². The van der Waals surface area contributed by atoms with Gasteiger partial charge in [-0.05, 0) is 28.1 Å². The van der Waals surface area contributed by atoms with Crippen LogP contribution >= 0.6 is 15.9 Å². The second-order valence-electron chi connectivity index (χ2n) is 2.65. The molecule has 0 fully saturated rings. The van der Waals surface area contributed by atoms with Crippen molar-refractivity contribution in [2.45, 2.75) is 0 Å². The first-order valence-corrected chi connectivity index (χ1v) is 4.44. The first kappa shape index (κ1) is 8.44. The third-order valence-corrected chi connectivity index (χ3v) is 2.41. The molecule has 1 heterocycles. The van der Waals surface area contributed by atoms with Gasteiger partial charge in [0, 0.05) is 17.6 Å². The lowest BCUT2D eigenvalue weighted by Crippen LogP contribution is -2.00. The Morgan fingerprint density at radius 2 is 2.15 bits per heavy atom. The van der Waals surface area contributed by atoms with Crippen LogP contribution in [0.15, 0.2) is 33.7 Å². The van der Waals surface area contributed by atoms with Crippen LogP contribution in [0, 0.1) is 5.82 Å². The van der Waals surface area contributed by atoms with Gasteiger partial charge in [0.15, 0.2) is 5.43 Å². The van der Waals surface area contributed by atoms with Crippen LogP contribution in [0.2, 0.25) is 0 Å². The lowest BCUT2D eigenvalue weighted by molar-refractivity contribution is 0.623. The van der Waals surface area contributed by atoms with E-state index in [9.17, 15) is 9.18 Å². The predicted molar refractivity (Wildman–Crippen MR) is 52.2 cm³/mol. The zero-order valence-corrected chi connectivity index (χ0v) is 8.06. The summed E-state index contributed by atoms with van der Waals surface area (Å²) in [5.74, 6) is -0.427. The Labute approximate surface area is 81.5 Å². The SMILES string of the molecule is O=c1cc[nH]c2cc(Br)c(F)cc12. The number of aromatic nitrogens is 1. The molecule has 4 heteroatoms. The maximum Gasteiger partial charge on any atom is 0.189 e. The minimum atomic E-state index is -0.427. The number of rotatable bonds is 0. The molecule has 0 radical (unpaired) electrons. The van der Waals surface area contributed by atoms with Crippen LogP contribution in [0.3, 0.4) is 0 Å². The Hall–Kier alpha value is -1.16. The fourth-order valence-electron chi connectivity index (χ4n) is 1.17. The maximum absolute atomic E-state index is 13.0. The Morgan fingerprint density at radius 1 is 1.38 bits per heavy atom. The summed E-state index contributed by atoms with van der Waals surface area (Å²) >= 11 is 3.04. The molecule has 1 aromatic carbocycles. The smallest absolute Gasteiger partial charge is 0.189 e. The van der Waals surface area contributed by atoms with Crippen molar-refractivity contribution in [3.05, 3.63) is 44.9 Å². The van der Waals surface area contributed by atoms with E-state index in [0.29, 0.717) is 15.4 Å². The van der Waals surface area contributed by atoms with E-state index in [0.717, 1.165) is 0 Å². The van der Waals surface area contributed by atoms with Gasteiger partial charge >= 0.3 is 0 Å². The normalized spacial score (nSPS) is 10.6. The number of H-pyrrole nitrogens is 1. The number of aromatic amines is 1. The minimum Gasteiger partial charge on any atom is -0.361 e. The van der Waals surface area contributed by atoms with Crippen molar-refractivity contribution in [1.29, 1.82) is 0 Å². The van der Waals surface area contributed by atoms with E-state index in [1.807, 2.05) is 0 Å². The first-order valence-electron chi connectivity index (χ1n) is 3.65. The molecule has 66 valence electrons. The molecule has 1 N–H and O–H groups in total. The number of hydrogen-bond acceptors (Lipinski definition) is 1. The number of hydrogen-bond donors (Lipinski definition) is 1. The van der Waals surface area contributed by atoms with E-state index in [-0.39, 0.29) is 5.43 Å². The van der Waals surface area contributed by atoms with Gasteiger partial charge in [-0.1, -0.05) is 0 Å². The molecule has 0 aliphatic heterocycles. The van der Waals surface area contributed by atoms with E-state index in [1.54, 1.807) is 6.07 Å². The van der Waals surface area contributed by atoms with Gasteiger partial charge in [0.1, 0.15) is 5.82 Å². The first-order chi connectivity index (χ1) is 6.18. The number of pyridine rings is 1. The van der Waals surface area contributed by atoms with Gasteiger partial charge in [-0.25, -0.2) is 4.39 Å². The number of benzene rings is 1. The second-order valence-corrected chi connectivity index (χ2v) is 3.51. The summed E-state index contributed by atoms with van der Waals surface area (Å²) < 4.78 is 13.4. The number of halogens is 2. The van der Waals surface area contributed by atoms with E-state index in [2.05, 4.69) is 20.9 Å². The summed E-state index contributed by atoms with van der Waals surface area (Å²) in [6.07, 6.45) is 1.54. The summed E-state index contributed by atoms with van der Waals surface area (Å²) in [6, 6.07) is 4.14. The highest BCUT2D eigenvalue weighted by atomic mass is 79.9. The van der Waals surface area contributed by atoms with Crippen molar-refractivity contribution >= 4 is 26.8 Å². The van der Waals surface area contributed by atoms with Gasteiger partial charge < -0.3 is 4.98 Å². The van der Waals surface area contributed by atoms with Crippen LogP contribution in [0.25, 0.3) is 10.9 Å². The average Bonchev–Trinajstić information content (AvgIpc) is 2.09. The Morgan fingerprint density at radius 3 is 2.92 bits per heavy atom. The van der Waals surface area contributed by atoms with Crippen LogP contribution in [0.4, 0.5) is 4.39 Å². The van der Waals surface area contributed by atoms with E-state index >= 15 is 0 Å². The average molecular weight is 242 g/mol. The van der Waals surface area contributed by atoms with Crippen molar-refractivity contribution in [2.75, 3.05) is 0 Å². The Balaban J connectivity index is 2.97. The molecular formula is C9H5BrFNO. The van der Waals surface area contributed by atoms with E-state index < -0.39 is 5.82 Å². The highest BCUT2D eigenvalue weighted by Gasteiger charge is 2.03. The summed E-state index contributed by atoms with van der Waals surface area (Å²) in [5.41, 5.74) is 0.445. The predicted octanol–water partition coefficient (Wildman–Crippen LogP) is 2.43. The van der Waals surface area contributed by atoms with Crippen molar-refractivity contribution in [3.8, 4) is 0 Å². The fraction of sp³-hybridized carbons (Fsp3) is 0. The summed E-state index contributed by atoms with van der Waals surface area (Å²) in [6.45, 7) is 0. The van der Waals surface area contributed by atoms with Crippen molar-refractivity contribution in [3.63, 3.8) is 0 Å². The molecule has 0 aliphatic carbocycles. The molecule has 0 saturated carbocycles. The molecule has 13 heavy (non-hydrogen) atoms. The van der Waals surface area contributed by atoms with Gasteiger partial charge in [-0.3, -0.25) is 4.79 Å². The molecule has 0 unspecified atom stereocenters. The van der Waals surface area contributed by atoms with Gasteiger partial charge in [-0.15, -0.1) is 0 Å². The zero-order valence-electron chi connectivity index (χ0n) is 6.47. The van der Waals surface area contributed by atoms with Gasteiger partial charge in [0.05, 0.1) is 9.99 Å².